The molecule has 1 aliphatic heterocycles. The molecule has 5 rings (SSSR count). The number of rotatable bonds is 4. The lowest BCUT2D eigenvalue weighted by molar-refractivity contribution is 0.0800. The van der Waals surface area contributed by atoms with Crippen LogP contribution >= 0.6 is 11.6 Å². The summed E-state index contributed by atoms with van der Waals surface area (Å²) < 4.78 is 0. The van der Waals surface area contributed by atoms with Crippen molar-refractivity contribution in [3.05, 3.63) is 65.2 Å². The van der Waals surface area contributed by atoms with E-state index in [-0.39, 0.29) is 11.9 Å². The molecule has 152 valence electrons. The van der Waals surface area contributed by atoms with Crippen molar-refractivity contribution < 1.29 is 4.79 Å². The first-order valence-corrected chi connectivity index (χ1v) is 10.3. The first-order valence-electron chi connectivity index (χ1n) is 9.90. The number of carbonyl (C=O) groups is 1. The SMILES string of the molecule is [B]c1ccc2nc(C(C)Nc3ncnc4cc(C(=O)N5CC=CC5)c(Cl)cc34)[nH]c2c1. The summed E-state index contributed by atoms with van der Waals surface area (Å²) in [5, 5.41) is 4.47. The standard InChI is InChI=1S/C22H18BClN6O/c1-12(20-28-17-5-4-13(23)8-19(17)29-20)27-21-15-9-16(24)14(10-18(15)25-11-26-21)22(31)30-6-2-3-7-30/h2-5,8-12H,6-7H2,1H3,(H,28,29)(H,25,26,27). The van der Waals surface area contributed by atoms with Crippen molar-refractivity contribution in [2.75, 3.05) is 18.4 Å². The Labute approximate surface area is 185 Å². The zero-order valence-electron chi connectivity index (χ0n) is 16.8. The summed E-state index contributed by atoms with van der Waals surface area (Å²) in [5.74, 6) is 1.26. The zero-order chi connectivity index (χ0) is 21.5. The molecule has 0 fully saturated rings. The van der Waals surface area contributed by atoms with Gasteiger partial charge < -0.3 is 15.2 Å². The van der Waals surface area contributed by atoms with Crippen LogP contribution in [0.1, 0.15) is 29.1 Å². The molecule has 1 aliphatic rings. The molecule has 0 saturated carbocycles. The van der Waals surface area contributed by atoms with Gasteiger partial charge in [-0.25, -0.2) is 15.0 Å². The number of nitrogens with one attached hydrogen (secondary N) is 2. The van der Waals surface area contributed by atoms with Crippen molar-refractivity contribution in [2.24, 2.45) is 0 Å². The number of carbonyl (C=O) groups excluding carboxylic acids is 1. The molecule has 2 aromatic heterocycles. The molecule has 1 atom stereocenters. The highest BCUT2D eigenvalue weighted by molar-refractivity contribution is 6.35. The minimum absolute atomic E-state index is 0.111. The Morgan fingerprint density at radius 3 is 2.81 bits per heavy atom. The summed E-state index contributed by atoms with van der Waals surface area (Å²) in [7, 11) is 5.86. The largest absolute Gasteiger partial charge is 0.360 e. The summed E-state index contributed by atoms with van der Waals surface area (Å²) >= 11 is 6.49. The van der Waals surface area contributed by atoms with Gasteiger partial charge in [0.1, 0.15) is 25.8 Å². The number of imidazole rings is 1. The predicted molar refractivity (Wildman–Crippen MR) is 123 cm³/mol. The van der Waals surface area contributed by atoms with Crippen LogP contribution in [0.3, 0.4) is 0 Å². The van der Waals surface area contributed by atoms with Crippen molar-refractivity contribution in [3.8, 4) is 0 Å². The van der Waals surface area contributed by atoms with Crippen molar-refractivity contribution in [1.29, 1.82) is 0 Å². The van der Waals surface area contributed by atoms with E-state index >= 15 is 0 Å². The van der Waals surface area contributed by atoms with Crippen LogP contribution in [0.5, 0.6) is 0 Å². The van der Waals surface area contributed by atoms with Gasteiger partial charge in [0.15, 0.2) is 0 Å². The third kappa shape index (κ3) is 3.63. The number of benzene rings is 2. The molecule has 2 N–H and O–H groups in total. The van der Waals surface area contributed by atoms with E-state index in [2.05, 4.69) is 25.3 Å². The van der Waals surface area contributed by atoms with Gasteiger partial charge in [-0.05, 0) is 31.2 Å². The van der Waals surface area contributed by atoms with Gasteiger partial charge in [-0.3, -0.25) is 4.79 Å². The first kappa shape index (κ1) is 19.6. The zero-order valence-corrected chi connectivity index (χ0v) is 17.5. The third-order valence-electron chi connectivity index (χ3n) is 5.35. The van der Waals surface area contributed by atoms with Crippen LogP contribution in [0.2, 0.25) is 5.02 Å². The molecule has 31 heavy (non-hydrogen) atoms. The highest BCUT2D eigenvalue weighted by Crippen LogP contribution is 2.30. The van der Waals surface area contributed by atoms with E-state index in [1.165, 1.54) is 6.33 Å². The van der Waals surface area contributed by atoms with Crippen LogP contribution in [0.25, 0.3) is 21.9 Å². The molecule has 4 aromatic rings. The maximum Gasteiger partial charge on any atom is 0.256 e. The molecule has 3 heterocycles. The van der Waals surface area contributed by atoms with Crippen LogP contribution < -0.4 is 10.8 Å². The number of fused-ring (bicyclic) bond motifs is 2. The number of hydrogen-bond acceptors (Lipinski definition) is 5. The summed E-state index contributed by atoms with van der Waals surface area (Å²) in [4.78, 5) is 31.2. The van der Waals surface area contributed by atoms with E-state index in [1.807, 2.05) is 37.3 Å². The lowest BCUT2D eigenvalue weighted by atomic mass is 9.96. The monoisotopic (exact) mass is 428 g/mol. The summed E-state index contributed by atoms with van der Waals surface area (Å²) in [6.45, 7) is 3.16. The number of hydrogen-bond donors (Lipinski definition) is 2. The molecule has 2 radical (unpaired) electrons. The van der Waals surface area contributed by atoms with Gasteiger partial charge in [0.2, 0.25) is 0 Å². The lowest BCUT2D eigenvalue weighted by Crippen LogP contribution is -2.28. The topological polar surface area (TPSA) is 86.8 Å². The second-order valence-corrected chi connectivity index (χ2v) is 7.92. The molecular weight excluding hydrogens is 411 g/mol. The van der Waals surface area contributed by atoms with E-state index < -0.39 is 0 Å². The number of amides is 1. The van der Waals surface area contributed by atoms with Crippen LogP contribution in [0.15, 0.2) is 48.8 Å². The molecule has 1 amide bonds. The van der Waals surface area contributed by atoms with Gasteiger partial charge in [0, 0.05) is 18.5 Å². The molecule has 1 unspecified atom stereocenters. The molecule has 7 nitrogen and oxygen atoms in total. The van der Waals surface area contributed by atoms with Crippen molar-refractivity contribution >= 4 is 58.6 Å². The number of halogens is 1. The Hall–Kier alpha value is -3.39. The first-order chi connectivity index (χ1) is 15.0. The smallest absolute Gasteiger partial charge is 0.256 e. The molecule has 0 saturated heterocycles. The third-order valence-corrected chi connectivity index (χ3v) is 5.66. The maximum absolute atomic E-state index is 12.8. The minimum atomic E-state index is -0.164. The van der Waals surface area contributed by atoms with Crippen molar-refractivity contribution in [1.82, 2.24) is 24.8 Å². The Bertz CT molecular complexity index is 1340. The quantitative estimate of drug-likeness (QED) is 0.385. The van der Waals surface area contributed by atoms with Crippen LogP contribution in [-0.4, -0.2) is 51.7 Å². The summed E-state index contributed by atoms with van der Waals surface area (Å²) in [5.41, 5.74) is 3.47. The number of H-pyrrole nitrogens is 1. The Morgan fingerprint density at radius 2 is 2.00 bits per heavy atom. The minimum Gasteiger partial charge on any atom is -0.360 e. The van der Waals surface area contributed by atoms with Gasteiger partial charge >= 0.3 is 0 Å². The number of aromatic amines is 1. The van der Waals surface area contributed by atoms with Crippen molar-refractivity contribution in [2.45, 2.75) is 13.0 Å². The highest BCUT2D eigenvalue weighted by Gasteiger charge is 2.21. The van der Waals surface area contributed by atoms with Crippen LogP contribution in [-0.2, 0) is 0 Å². The Balaban J connectivity index is 1.46. The molecule has 2 aromatic carbocycles. The van der Waals surface area contributed by atoms with Crippen LogP contribution in [0.4, 0.5) is 5.82 Å². The lowest BCUT2D eigenvalue weighted by Gasteiger charge is -2.17. The average molecular weight is 429 g/mol. The second kappa shape index (κ2) is 7.70. The van der Waals surface area contributed by atoms with Gasteiger partial charge in [0.25, 0.3) is 5.91 Å². The van der Waals surface area contributed by atoms with Gasteiger partial charge in [-0.1, -0.05) is 35.3 Å². The number of anilines is 1. The van der Waals surface area contributed by atoms with Gasteiger partial charge in [-0.15, -0.1) is 0 Å². The fourth-order valence-corrected chi connectivity index (χ4v) is 3.94. The number of nitrogens with zero attached hydrogens (tertiary/aromatic N) is 4. The average Bonchev–Trinajstić information content (AvgIpc) is 3.43. The van der Waals surface area contributed by atoms with Gasteiger partial charge in [-0.2, -0.15) is 0 Å². The van der Waals surface area contributed by atoms with Crippen LogP contribution in [0, 0.1) is 0 Å². The van der Waals surface area contributed by atoms with E-state index in [0.717, 1.165) is 22.2 Å². The Morgan fingerprint density at radius 1 is 1.19 bits per heavy atom. The predicted octanol–water partition coefficient (Wildman–Crippen LogP) is 3.14. The Kier molecular flexibility index (Phi) is 4.86. The second-order valence-electron chi connectivity index (χ2n) is 7.52. The van der Waals surface area contributed by atoms with E-state index in [0.29, 0.717) is 40.5 Å². The van der Waals surface area contributed by atoms with Gasteiger partial charge in [0.05, 0.1) is 33.2 Å². The molecule has 0 aliphatic carbocycles. The molecule has 0 bridgehead atoms. The van der Waals surface area contributed by atoms with E-state index in [9.17, 15) is 4.79 Å². The highest BCUT2D eigenvalue weighted by atomic mass is 35.5. The summed E-state index contributed by atoms with van der Waals surface area (Å²) in [6, 6.07) is 8.85. The molecular formula is C22H18BClN6O. The molecule has 9 heteroatoms. The summed E-state index contributed by atoms with van der Waals surface area (Å²) in [6.07, 6.45) is 5.39. The molecule has 0 spiro atoms. The van der Waals surface area contributed by atoms with Crippen molar-refractivity contribution in [3.63, 3.8) is 0 Å². The normalized spacial score (nSPS) is 14.5. The van der Waals surface area contributed by atoms with E-state index in [4.69, 9.17) is 19.4 Å². The maximum atomic E-state index is 12.8. The fourth-order valence-electron chi connectivity index (χ4n) is 3.70. The van der Waals surface area contributed by atoms with E-state index in [1.54, 1.807) is 17.0 Å². The number of aromatic nitrogens is 4. The fraction of sp³-hybridized carbons (Fsp3) is 0.182.